The summed E-state index contributed by atoms with van der Waals surface area (Å²) in [5.41, 5.74) is 3.39. The first-order chi connectivity index (χ1) is 20.3. The predicted octanol–water partition coefficient (Wildman–Crippen LogP) is 7.27. The Labute approximate surface area is 247 Å². The lowest BCUT2D eigenvalue weighted by atomic mass is 9.72. The standard InChI is InChI=1S/C38H36O4/c1-26-24-27(2)33(28(3)25-26)36-41-34(37(39,29-16-8-4-9-17-29)30-18-10-5-11-19-30)35(42-36)38(40,31-20-12-6-13-21-31)32-22-14-7-15-23-32/h4-25,34-36,39-40H,1-3H3/t34-,35-/m1/s1. The van der Waals surface area contributed by atoms with Crippen LogP contribution in [0.3, 0.4) is 0 Å². The summed E-state index contributed by atoms with van der Waals surface area (Å²) in [6, 6.07) is 42.3. The second-order valence-corrected chi connectivity index (χ2v) is 11.3. The van der Waals surface area contributed by atoms with Gasteiger partial charge in [-0.1, -0.05) is 139 Å². The van der Waals surface area contributed by atoms with Gasteiger partial charge in [0.1, 0.15) is 23.4 Å². The zero-order chi connectivity index (χ0) is 29.3. The maximum absolute atomic E-state index is 13.0. The Kier molecular flexibility index (Phi) is 7.56. The average molecular weight is 557 g/mol. The van der Waals surface area contributed by atoms with Gasteiger partial charge in [0.25, 0.3) is 0 Å². The topological polar surface area (TPSA) is 58.9 Å². The van der Waals surface area contributed by atoms with Crippen LogP contribution in [0.4, 0.5) is 0 Å². The van der Waals surface area contributed by atoms with Gasteiger partial charge in [0, 0.05) is 5.56 Å². The fourth-order valence-corrected chi connectivity index (χ4v) is 6.53. The summed E-state index contributed by atoms with van der Waals surface area (Å²) in [6.45, 7) is 6.16. The van der Waals surface area contributed by atoms with E-state index in [0.29, 0.717) is 22.3 Å². The predicted molar refractivity (Wildman–Crippen MR) is 165 cm³/mol. The Bertz CT molecular complexity index is 1440. The number of ether oxygens (including phenoxy) is 2. The molecule has 1 aliphatic heterocycles. The molecular formula is C38H36O4. The highest BCUT2D eigenvalue weighted by Gasteiger charge is 2.59. The summed E-state index contributed by atoms with van der Waals surface area (Å²) in [5, 5.41) is 26.0. The third kappa shape index (κ3) is 4.77. The number of aliphatic hydroxyl groups is 2. The van der Waals surface area contributed by atoms with Crippen LogP contribution in [0.1, 0.15) is 50.8 Å². The number of rotatable bonds is 7. The zero-order valence-corrected chi connectivity index (χ0v) is 24.1. The molecule has 1 aliphatic rings. The highest BCUT2D eigenvalue weighted by molar-refractivity contribution is 5.45. The van der Waals surface area contributed by atoms with E-state index < -0.39 is 29.7 Å². The molecule has 0 saturated carbocycles. The molecule has 2 atom stereocenters. The Morgan fingerprint density at radius 1 is 0.476 bits per heavy atom. The van der Waals surface area contributed by atoms with Gasteiger partial charge in [0.05, 0.1) is 0 Å². The van der Waals surface area contributed by atoms with Crippen molar-refractivity contribution in [3.63, 3.8) is 0 Å². The largest absolute Gasteiger partial charge is 0.378 e. The molecule has 4 nitrogen and oxygen atoms in total. The van der Waals surface area contributed by atoms with Crippen LogP contribution in [0, 0.1) is 20.8 Å². The molecule has 0 radical (unpaired) electrons. The number of hydrogen-bond donors (Lipinski definition) is 2. The monoisotopic (exact) mass is 556 g/mol. The van der Waals surface area contributed by atoms with Crippen LogP contribution in [0.5, 0.6) is 0 Å². The summed E-state index contributed by atoms with van der Waals surface area (Å²) in [4.78, 5) is 0. The van der Waals surface area contributed by atoms with Gasteiger partial charge in [0.2, 0.25) is 0 Å². The number of benzene rings is 5. The molecule has 0 aliphatic carbocycles. The van der Waals surface area contributed by atoms with E-state index in [2.05, 4.69) is 19.1 Å². The molecule has 1 fully saturated rings. The van der Waals surface area contributed by atoms with Gasteiger partial charge >= 0.3 is 0 Å². The molecule has 0 unspecified atom stereocenters. The Balaban J connectivity index is 1.62. The number of hydrogen-bond acceptors (Lipinski definition) is 4. The van der Waals surface area contributed by atoms with Gasteiger partial charge in [-0.05, 0) is 54.2 Å². The molecule has 1 heterocycles. The molecular weight excluding hydrogens is 520 g/mol. The van der Waals surface area contributed by atoms with E-state index >= 15 is 0 Å². The fraction of sp³-hybridized carbons (Fsp3) is 0.211. The van der Waals surface area contributed by atoms with Crippen molar-refractivity contribution >= 4 is 0 Å². The minimum absolute atomic E-state index is 0.649. The third-order valence-electron chi connectivity index (χ3n) is 8.47. The highest BCUT2D eigenvalue weighted by Crippen LogP contribution is 2.51. The summed E-state index contributed by atoms with van der Waals surface area (Å²) in [5.74, 6) is 0. The summed E-state index contributed by atoms with van der Waals surface area (Å²) in [6.07, 6.45) is -2.82. The van der Waals surface area contributed by atoms with Crippen molar-refractivity contribution in [2.24, 2.45) is 0 Å². The molecule has 2 N–H and O–H groups in total. The molecule has 0 aromatic heterocycles. The summed E-state index contributed by atoms with van der Waals surface area (Å²) >= 11 is 0. The molecule has 42 heavy (non-hydrogen) atoms. The fourth-order valence-electron chi connectivity index (χ4n) is 6.53. The lowest BCUT2D eigenvalue weighted by molar-refractivity contribution is -0.110. The number of aryl methyl sites for hydroxylation is 3. The quantitative estimate of drug-likeness (QED) is 0.221. The maximum Gasteiger partial charge on any atom is 0.185 e. The van der Waals surface area contributed by atoms with Gasteiger partial charge in [-0.3, -0.25) is 0 Å². The normalized spacial score (nSPS) is 17.8. The molecule has 0 amide bonds. The lowest BCUT2D eigenvalue weighted by Crippen LogP contribution is -2.54. The minimum Gasteiger partial charge on any atom is -0.378 e. The van der Waals surface area contributed by atoms with Crippen molar-refractivity contribution in [3.05, 3.63) is 178 Å². The molecule has 212 valence electrons. The van der Waals surface area contributed by atoms with Gasteiger partial charge in [-0.2, -0.15) is 0 Å². The molecule has 5 aromatic carbocycles. The highest BCUT2D eigenvalue weighted by atomic mass is 16.7. The van der Waals surface area contributed by atoms with Crippen molar-refractivity contribution in [3.8, 4) is 0 Å². The lowest BCUT2D eigenvalue weighted by Gasteiger charge is -2.42. The molecule has 5 aromatic rings. The third-order valence-corrected chi connectivity index (χ3v) is 8.47. The van der Waals surface area contributed by atoms with Crippen molar-refractivity contribution in [2.45, 2.75) is 50.5 Å². The SMILES string of the molecule is Cc1cc(C)c(C2O[C@@H](C(O)(c3ccccc3)c3ccccc3)[C@H](C(O)(c3ccccc3)c3ccccc3)O2)c(C)c1. The molecule has 1 saturated heterocycles. The molecule has 6 rings (SSSR count). The van der Waals surface area contributed by atoms with E-state index in [1.807, 2.05) is 135 Å². The Morgan fingerprint density at radius 3 is 1.05 bits per heavy atom. The van der Waals surface area contributed by atoms with Crippen molar-refractivity contribution in [2.75, 3.05) is 0 Å². The van der Waals surface area contributed by atoms with Crippen LogP contribution in [-0.4, -0.2) is 22.4 Å². The van der Waals surface area contributed by atoms with Crippen molar-refractivity contribution in [1.82, 2.24) is 0 Å². The van der Waals surface area contributed by atoms with Crippen LogP contribution in [0.2, 0.25) is 0 Å². The molecule has 4 heteroatoms. The first kappa shape index (κ1) is 28.1. The smallest absolute Gasteiger partial charge is 0.185 e. The van der Waals surface area contributed by atoms with Gasteiger partial charge in [0.15, 0.2) is 6.29 Å². The van der Waals surface area contributed by atoms with Crippen LogP contribution in [0.25, 0.3) is 0 Å². The minimum atomic E-state index is -1.66. The maximum atomic E-state index is 13.0. The second-order valence-electron chi connectivity index (χ2n) is 11.3. The van der Waals surface area contributed by atoms with Gasteiger partial charge in [-0.15, -0.1) is 0 Å². The molecule has 0 spiro atoms. The summed E-state index contributed by atoms with van der Waals surface area (Å²) in [7, 11) is 0. The van der Waals surface area contributed by atoms with E-state index in [1.165, 1.54) is 0 Å². The first-order valence-corrected chi connectivity index (χ1v) is 14.4. The Morgan fingerprint density at radius 2 is 0.762 bits per heavy atom. The van der Waals surface area contributed by atoms with E-state index in [0.717, 1.165) is 22.3 Å². The van der Waals surface area contributed by atoms with Crippen molar-refractivity contribution < 1.29 is 19.7 Å². The van der Waals surface area contributed by atoms with Crippen molar-refractivity contribution in [1.29, 1.82) is 0 Å². The summed E-state index contributed by atoms with van der Waals surface area (Å²) < 4.78 is 13.8. The van der Waals surface area contributed by atoms with Gasteiger partial charge < -0.3 is 19.7 Å². The van der Waals surface area contributed by atoms with Crippen LogP contribution in [0.15, 0.2) is 133 Å². The van der Waals surface area contributed by atoms with Crippen LogP contribution in [-0.2, 0) is 20.7 Å². The Hall–Kier alpha value is -4.06. The zero-order valence-electron chi connectivity index (χ0n) is 24.1. The van der Waals surface area contributed by atoms with E-state index in [4.69, 9.17) is 9.47 Å². The van der Waals surface area contributed by atoms with Crippen LogP contribution < -0.4 is 0 Å². The second kappa shape index (κ2) is 11.3. The average Bonchev–Trinajstić information content (AvgIpc) is 3.47. The van der Waals surface area contributed by atoms with Gasteiger partial charge in [-0.25, -0.2) is 0 Å². The van der Waals surface area contributed by atoms with Crippen LogP contribution >= 0.6 is 0 Å². The molecule has 0 bridgehead atoms. The van der Waals surface area contributed by atoms with E-state index in [9.17, 15) is 10.2 Å². The first-order valence-electron chi connectivity index (χ1n) is 14.4. The van der Waals surface area contributed by atoms with E-state index in [-0.39, 0.29) is 0 Å². The van der Waals surface area contributed by atoms with E-state index in [1.54, 1.807) is 0 Å².